The van der Waals surface area contributed by atoms with Crippen molar-refractivity contribution in [2.75, 3.05) is 18.6 Å². The molecule has 6 nitrogen and oxygen atoms in total. The number of hydrogen-bond donors (Lipinski definition) is 1. The fourth-order valence-corrected chi connectivity index (χ4v) is 4.35. The number of hydrogen-bond acceptors (Lipinski definition) is 5. The van der Waals surface area contributed by atoms with Crippen LogP contribution in [-0.2, 0) is 9.59 Å². The van der Waals surface area contributed by atoms with Crippen molar-refractivity contribution < 1.29 is 24.2 Å². The van der Waals surface area contributed by atoms with E-state index in [1.165, 1.54) is 12.0 Å². The summed E-state index contributed by atoms with van der Waals surface area (Å²) in [6, 6.07) is 18.8. The van der Waals surface area contributed by atoms with Crippen molar-refractivity contribution in [1.29, 1.82) is 0 Å². The lowest BCUT2D eigenvalue weighted by atomic mass is 9.94. The number of amides is 1. The number of methoxy groups -OCH3 is 1. The molecule has 0 spiro atoms. The van der Waals surface area contributed by atoms with Gasteiger partial charge in [-0.25, -0.2) is 0 Å². The zero-order valence-electron chi connectivity index (χ0n) is 20.4. The Morgan fingerprint density at radius 2 is 1.69 bits per heavy atom. The Morgan fingerprint density at radius 1 is 0.971 bits per heavy atom. The Balaban J connectivity index is 1.92. The summed E-state index contributed by atoms with van der Waals surface area (Å²) in [5.41, 5.74) is 3.54. The van der Waals surface area contributed by atoms with Crippen LogP contribution in [-0.4, -0.2) is 30.5 Å². The van der Waals surface area contributed by atoms with Crippen LogP contribution in [0.15, 0.2) is 72.3 Å². The highest BCUT2D eigenvalue weighted by Gasteiger charge is 2.48. The van der Waals surface area contributed by atoms with E-state index in [0.29, 0.717) is 34.9 Å². The predicted octanol–water partition coefficient (Wildman–Crippen LogP) is 5.73. The molecule has 1 aliphatic heterocycles. The van der Waals surface area contributed by atoms with Crippen molar-refractivity contribution >= 4 is 23.1 Å². The summed E-state index contributed by atoms with van der Waals surface area (Å²) in [6.07, 6.45) is 0.877. The van der Waals surface area contributed by atoms with Gasteiger partial charge < -0.3 is 14.6 Å². The third-order valence-corrected chi connectivity index (χ3v) is 6.31. The third-order valence-electron chi connectivity index (χ3n) is 6.31. The molecule has 1 aliphatic rings. The van der Waals surface area contributed by atoms with E-state index in [4.69, 9.17) is 9.47 Å². The van der Waals surface area contributed by atoms with Gasteiger partial charge in [0.05, 0.1) is 25.3 Å². The van der Waals surface area contributed by atoms with Crippen LogP contribution < -0.4 is 14.4 Å². The molecule has 0 saturated carbocycles. The van der Waals surface area contributed by atoms with E-state index in [-0.39, 0.29) is 11.3 Å². The highest BCUT2D eigenvalue weighted by atomic mass is 16.5. The van der Waals surface area contributed by atoms with E-state index in [1.54, 1.807) is 30.3 Å². The summed E-state index contributed by atoms with van der Waals surface area (Å²) >= 11 is 0. The third kappa shape index (κ3) is 4.39. The van der Waals surface area contributed by atoms with Crippen LogP contribution in [0.3, 0.4) is 0 Å². The van der Waals surface area contributed by atoms with Gasteiger partial charge in [0.2, 0.25) is 0 Å². The number of para-hydroxylation sites is 1. The smallest absolute Gasteiger partial charge is 0.300 e. The molecule has 1 atom stereocenters. The van der Waals surface area contributed by atoms with Crippen LogP contribution in [0, 0.1) is 13.8 Å². The minimum absolute atomic E-state index is 0.0163. The quantitative estimate of drug-likeness (QED) is 0.271. The lowest BCUT2D eigenvalue weighted by Crippen LogP contribution is -2.30. The molecule has 180 valence electrons. The van der Waals surface area contributed by atoms with E-state index in [0.717, 1.165) is 17.5 Å². The van der Waals surface area contributed by atoms with E-state index in [1.807, 2.05) is 57.2 Å². The summed E-state index contributed by atoms with van der Waals surface area (Å²) in [5, 5.41) is 11.4. The van der Waals surface area contributed by atoms with Gasteiger partial charge in [-0.05, 0) is 67.8 Å². The van der Waals surface area contributed by atoms with Crippen LogP contribution in [0.2, 0.25) is 0 Å². The predicted molar refractivity (Wildman–Crippen MR) is 136 cm³/mol. The number of ether oxygens (including phenoxy) is 2. The van der Waals surface area contributed by atoms with Crippen LogP contribution in [0.1, 0.15) is 41.6 Å². The molecule has 6 heteroatoms. The van der Waals surface area contributed by atoms with Gasteiger partial charge in [0.1, 0.15) is 17.3 Å². The Morgan fingerprint density at radius 3 is 2.37 bits per heavy atom. The Kier molecular flexibility index (Phi) is 6.92. The molecule has 0 aliphatic carbocycles. The molecule has 0 radical (unpaired) electrons. The molecule has 1 N–H and O–H groups in total. The molecule has 1 fully saturated rings. The Hall–Kier alpha value is -4.06. The second-order valence-corrected chi connectivity index (χ2v) is 8.50. The molecule has 1 amide bonds. The number of anilines is 1. The van der Waals surface area contributed by atoms with Crippen molar-refractivity contribution in [3.05, 3.63) is 94.6 Å². The van der Waals surface area contributed by atoms with Gasteiger partial charge in [0.25, 0.3) is 11.7 Å². The van der Waals surface area contributed by atoms with Crippen molar-refractivity contribution in [3.8, 4) is 11.5 Å². The van der Waals surface area contributed by atoms with Crippen LogP contribution in [0.5, 0.6) is 11.5 Å². The second-order valence-electron chi connectivity index (χ2n) is 8.50. The minimum atomic E-state index is -0.859. The summed E-state index contributed by atoms with van der Waals surface area (Å²) in [6.45, 7) is 6.47. The average Bonchev–Trinajstić information content (AvgIpc) is 3.14. The van der Waals surface area contributed by atoms with Gasteiger partial charge in [-0.3, -0.25) is 14.5 Å². The second kappa shape index (κ2) is 10.1. The van der Waals surface area contributed by atoms with Gasteiger partial charge >= 0.3 is 0 Å². The number of aliphatic hydroxyl groups excluding tert-OH is 1. The van der Waals surface area contributed by atoms with Crippen LogP contribution >= 0.6 is 0 Å². The van der Waals surface area contributed by atoms with Gasteiger partial charge in [-0.15, -0.1) is 0 Å². The number of ketones is 1. The normalized spacial score (nSPS) is 17.0. The average molecular weight is 472 g/mol. The first-order chi connectivity index (χ1) is 16.9. The van der Waals surface area contributed by atoms with E-state index >= 15 is 0 Å². The fraction of sp³-hybridized carbons (Fsp3) is 0.241. The maximum absolute atomic E-state index is 13.4. The molecule has 3 aromatic carbocycles. The van der Waals surface area contributed by atoms with Crippen molar-refractivity contribution in [3.63, 3.8) is 0 Å². The standard InChI is InChI=1S/C29H29NO5/c1-5-17-35-21-15-13-20(14-16-21)27(31)25-26(22-10-6-7-12-24(22)34-4)30(29(33)28(25)32)23-11-8-9-18(2)19(23)3/h6-16,26,31H,5,17H2,1-4H3/b27-25+. The van der Waals surface area contributed by atoms with Crippen molar-refractivity contribution in [2.45, 2.75) is 33.2 Å². The van der Waals surface area contributed by atoms with E-state index < -0.39 is 17.7 Å². The summed E-state index contributed by atoms with van der Waals surface area (Å²) in [7, 11) is 1.54. The molecule has 4 rings (SSSR count). The minimum Gasteiger partial charge on any atom is -0.507 e. The SMILES string of the molecule is CCCOc1ccc(/C(O)=C2\C(=O)C(=O)N(c3cccc(C)c3C)C2c2ccccc2OC)cc1. The number of aliphatic hydroxyl groups is 1. The summed E-state index contributed by atoms with van der Waals surface area (Å²) < 4.78 is 11.2. The Bertz CT molecular complexity index is 1290. The highest BCUT2D eigenvalue weighted by Crippen LogP contribution is 2.45. The highest BCUT2D eigenvalue weighted by molar-refractivity contribution is 6.51. The van der Waals surface area contributed by atoms with Crippen LogP contribution in [0.4, 0.5) is 5.69 Å². The lowest BCUT2D eigenvalue weighted by molar-refractivity contribution is -0.132. The topological polar surface area (TPSA) is 76.1 Å². The first-order valence-electron chi connectivity index (χ1n) is 11.6. The maximum Gasteiger partial charge on any atom is 0.300 e. The molecule has 1 saturated heterocycles. The summed E-state index contributed by atoms with van der Waals surface area (Å²) in [5.74, 6) is -0.497. The Labute approximate surface area is 205 Å². The lowest BCUT2D eigenvalue weighted by Gasteiger charge is -2.28. The monoisotopic (exact) mass is 471 g/mol. The van der Waals surface area contributed by atoms with Gasteiger partial charge in [-0.1, -0.05) is 37.3 Å². The number of benzene rings is 3. The number of carbonyl (C=O) groups is 2. The molecule has 0 bridgehead atoms. The van der Waals surface area contributed by atoms with Crippen LogP contribution in [0.25, 0.3) is 5.76 Å². The number of rotatable bonds is 7. The number of carbonyl (C=O) groups excluding carboxylic acids is 2. The van der Waals surface area contributed by atoms with Gasteiger partial charge in [-0.2, -0.15) is 0 Å². The maximum atomic E-state index is 13.4. The largest absolute Gasteiger partial charge is 0.507 e. The zero-order valence-corrected chi connectivity index (χ0v) is 20.4. The van der Waals surface area contributed by atoms with E-state index in [2.05, 4.69) is 0 Å². The molecular formula is C29H29NO5. The molecular weight excluding hydrogens is 442 g/mol. The van der Waals surface area contributed by atoms with Gasteiger partial charge in [0, 0.05) is 16.8 Å². The zero-order chi connectivity index (χ0) is 25.1. The van der Waals surface area contributed by atoms with Crippen molar-refractivity contribution in [1.82, 2.24) is 0 Å². The molecule has 1 unspecified atom stereocenters. The number of aryl methyl sites for hydroxylation is 1. The molecule has 0 aromatic heterocycles. The first-order valence-corrected chi connectivity index (χ1v) is 11.6. The first kappa shape index (κ1) is 24.1. The van der Waals surface area contributed by atoms with Gasteiger partial charge in [0.15, 0.2) is 0 Å². The molecule has 3 aromatic rings. The number of Topliss-reactive ketones (excluding diaryl/α,β-unsaturated/α-hetero) is 1. The molecule has 1 heterocycles. The van der Waals surface area contributed by atoms with Crippen molar-refractivity contribution in [2.24, 2.45) is 0 Å². The summed E-state index contributed by atoms with van der Waals surface area (Å²) in [4.78, 5) is 28.3. The fourth-order valence-electron chi connectivity index (χ4n) is 4.35. The van der Waals surface area contributed by atoms with E-state index in [9.17, 15) is 14.7 Å². The molecule has 35 heavy (non-hydrogen) atoms. The number of nitrogens with zero attached hydrogens (tertiary/aromatic N) is 1.